The molecule has 0 aliphatic carbocycles. The summed E-state index contributed by atoms with van der Waals surface area (Å²) in [5.41, 5.74) is 0. The van der Waals surface area contributed by atoms with Crippen molar-refractivity contribution in [1.29, 1.82) is 0 Å². The highest BCUT2D eigenvalue weighted by Crippen LogP contribution is 2.14. The van der Waals surface area contributed by atoms with Crippen LogP contribution in [0.5, 0.6) is 0 Å². The minimum atomic E-state index is -0.824. The van der Waals surface area contributed by atoms with Crippen molar-refractivity contribution in [3.05, 3.63) is 158 Å². The lowest BCUT2D eigenvalue weighted by Gasteiger charge is -2.18. The smallest absolute Gasteiger partial charge is 0.306 e. The number of unbranched alkanes of at least 4 members (excludes halogenated alkanes) is 19. The normalized spacial score (nSPS) is 13.2. The van der Waals surface area contributed by atoms with E-state index in [1.807, 2.05) is 0 Å². The largest absolute Gasteiger partial charge is 0.462 e. The van der Waals surface area contributed by atoms with Crippen molar-refractivity contribution in [2.75, 3.05) is 13.2 Å². The average molecular weight is 1090 g/mol. The van der Waals surface area contributed by atoms with Gasteiger partial charge in [0.1, 0.15) is 13.2 Å². The zero-order valence-corrected chi connectivity index (χ0v) is 50.8. The Bertz CT molecular complexity index is 1780. The van der Waals surface area contributed by atoms with Crippen LogP contribution in [0.4, 0.5) is 0 Å². The van der Waals surface area contributed by atoms with Crippen LogP contribution in [0.15, 0.2) is 158 Å². The first-order valence-electron chi connectivity index (χ1n) is 32.0. The summed E-state index contributed by atoms with van der Waals surface area (Å²) in [6.07, 6.45) is 95.3. The maximum atomic E-state index is 12.9. The zero-order valence-electron chi connectivity index (χ0n) is 50.8. The number of hydrogen-bond donors (Lipinski definition) is 0. The van der Waals surface area contributed by atoms with Crippen molar-refractivity contribution >= 4 is 17.9 Å². The monoisotopic (exact) mass is 1090 g/mol. The first-order chi connectivity index (χ1) is 39.0. The molecule has 0 saturated heterocycles. The molecular formula is C73H116O6. The van der Waals surface area contributed by atoms with Crippen LogP contribution in [0, 0.1) is 0 Å². The van der Waals surface area contributed by atoms with Gasteiger partial charge in [-0.2, -0.15) is 0 Å². The number of ether oxygens (including phenoxy) is 3. The summed E-state index contributed by atoms with van der Waals surface area (Å²) in [5.74, 6) is -1.01. The number of carbonyl (C=O) groups is 3. The maximum Gasteiger partial charge on any atom is 0.306 e. The van der Waals surface area contributed by atoms with Crippen LogP contribution >= 0.6 is 0 Å². The van der Waals surface area contributed by atoms with Gasteiger partial charge < -0.3 is 14.2 Å². The van der Waals surface area contributed by atoms with Gasteiger partial charge >= 0.3 is 17.9 Å². The van der Waals surface area contributed by atoms with E-state index in [1.54, 1.807) is 0 Å². The predicted octanol–water partition coefficient (Wildman–Crippen LogP) is 22.1. The summed E-state index contributed by atoms with van der Waals surface area (Å²) in [6.45, 7) is 6.33. The molecule has 0 N–H and O–H groups in total. The second kappa shape index (κ2) is 65.5. The van der Waals surface area contributed by atoms with Crippen molar-refractivity contribution in [3.8, 4) is 0 Å². The Hall–Kier alpha value is -4.97. The molecule has 0 bridgehead atoms. The molecule has 1 atom stereocenters. The molecule has 0 aliphatic heterocycles. The molecule has 0 amide bonds. The third-order valence-corrected chi connectivity index (χ3v) is 13.0. The van der Waals surface area contributed by atoms with E-state index in [9.17, 15) is 14.4 Å². The summed E-state index contributed by atoms with van der Waals surface area (Å²) in [7, 11) is 0. The lowest BCUT2D eigenvalue weighted by Crippen LogP contribution is -2.30. The minimum absolute atomic E-state index is 0.118. The Morgan fingerprint density at radius 3 is 0.823 bits per heavy atom. The van der Waals surface area contributed by atoms with E-state index in [4.69, 9.17) is 14.2 Å². The van der Waals surface area contributed by atoms with Gasteiger partial charge in [-0.3, -0.25) is 14.4 Å². The Morgan fingerprint density at radius 2 is 0.506 bits per heavy atom. The van der Waals surface area contributed by atoms with Crippen LogP contribution in [0.3, 0.4) is 0 Å². The lowest BCUT2D eigenvalue weighted by atomic mass is 10.1. The summed E-state index contributed by atoms with van der Waals surface area (Å²) in [4.78, 5) is 38.3. The van der Waals surface area contributed by atoms with Crippen molar-refractivity contribution in [2.24, 2.45) is 0 Å². The molecule has 0 heterocycles. The highest BCUT2D eigenvalue weighted by Gasteiger charge is 2.19. The van der Waals surface area contributed by atoms with Crippen molar-refractivity contribution < 1.29 is 28.6 Å². The molecule has 0 radical (unpaired) electrons. The Labute approximate surface area is 486 Å². The van der Waals surface area contributed by atoms with Gasteiger partial charge in [-0.05, 0) is 141 Å². The maximum absolute atomic E-state index is 12.9. The van der Waals surface area contributed by atoms with Gasteiger partial charge in [0, 0.05) is 19.3 Å². The van der Waals surface area contributed by atoms with Crippen molar-refractivity contribution in [2.45, 2.75) is 271 Å². The molecule has 444 valence electrons. The molecule has 0 aliphatic rings. The highest BCUT2D eigenvalue weighted by molar-refractivity contribution is 5.71. The van der Waals surface area contributed by atoms with Gasteiger partial charge in [-0.1, -0.05) is 262 Å². The summed E-state index contributed by atoms with van der Waals surface area (Å²) < 4.78 is 16.9. The van der Waals surface area contributed by atoms with Crippen LogP contribution in [0.1, 0.15) is 265 Å². The van der Waals surface area contributed by atoms with E-state index in [1.165, 1.54) is 83.5 Å². The number of allylic oxidation sites excluding steroid dienone is 26. The van der Waals surface area contributed by atoms with Gasteiger partial charge in [0.25, 0.3) is 0 Å². The molecule has 79 heavy (non-hydrogen) atoms. The molecule has 0 aromatic carbocycles. The second-order valence-corrected chi connectivity index (χ2v) is 20.5. The van der Waals surface area contributed by atoms with Gasteiger partial charge in [-0.25, -0.2) is 0 Å². The fourth-order valence-corrected chi connectivity index (χ4v) is 8.28. The number of hydrogen-bond acceptors (Lipinski definition) is 6. The average Bonchev–Trinajstić information content (AvgIpc) is 3.45. The molecule has 0 rings (SSSR count). The van der Waals surface area contributed by atoms with E-state index in [0.717, 1.165) is 135 Å². The molecule has 1 unspecified atom stereocenters. The lowest BCUT2D eigenvalue weighted by molar-refractivity contribution is -0.167. The summed E-state index contributed by atoms with van der Waals surface area (Å²) in [5, 5.41) is 0. The molecule has 0 fully saturated rings. The molecule has 6 heteroatoms. The molecule has 0 spiro atoms. The summed E-state index contributed by atoms with van der Waals surface area (Å²) >= 11 is 0. The standard InChI is InChI=1S/C73H116O6/c1-4-7-10-13-16-19-22-25-28-31-33-35-36-38-39-42-45-48-51-54-57-60-63-66-72(75)78-69-70(68-77-71(74)65-62-59-56-53-50-47-44-41-30-27-24-21-18-15-12-9-6-3)79-73(76)67-64-61-58-55-52-49-46-43-40-37-34-32-29-26-23-20-17-14-11-8-5-2/h7,9-10,12,16,18-19,21,23,25-28,30,32-35,38-39,44-45,47-48,53,56,70H,4-6,8,11,13-15,17,20,22,24,29,31,36-37,40-43,46,49-52,54-55,57-69H2,1-3H3/b10-7-,12-9-,19-16-,21-18-,26-23-,28-25-,30-27-,34-32-,35-33-,39-38-,47-44-,48-45-,56-53-. The van der Waals surface area contributed by atoms with Gasteiger partial charge in [0.05, 0.1) is 0 Å². The summed E-state index contributed by atoms with van der Waals surface area (Å²) in [6, 6.07) is 0. The number of rotatable bonds is 56. The van der Waals surface area contributed by atoms with E-state index >= 15 is 0 Å². The van der Waals surface area contributed by atoms with E-state index in [2.05, 4.69) is 179 Å². The van der Waals surface area contributed by atoms with Gasteiger partial charge in [-0.15, -0.1) is 0 Å². The van der Waals surface area contributed by atoms with E-state index in [0.29, 0.717) is 19.3 Å². The van der Waals surface area contributed by atoms with Gasteiger partial charge in [0.15, 0.2) is 6.10 Å². The predicted molar refractivity (Wildman–Crippen MR) is 343 cm³/mol. The first-order valence-corrected chi connectivity index (χ1v) is 32.0. The molecule has 0 aromatic rings. The van der Waals surface area contributed by atoms with Gasteiger partial charge in [0.2, 0.25) is 0 Å². The molecule has 0 aromatic heterocycles. The Kier molecular flexibility index (Phi) is 61.4. The Morgan fingerprint density at radius 1 is 0.266 bits per heavy atom. The Balaban J connectivity index is 4.54. The molecule has 6 nitrogen and oxygen atoms in total. The fraction of sp³-hybridized carbons (Fsp3) is 0.603. The second-order valence-electron chi connectivity index (χ2n) is 20.5. The third kappa shape index (κ3) is 63.7. The van der Waals surface area contributed by atoms with E-state index < -0.39 is 6.10 Å². The minimum Gasteiger partial charge on any atom is -0.462 e. The quantitative estimate of drug-likeness (QED) is 0.0261. The van der Waals surface area contributed by atoms with Crippen LogP contribution in [-0.4, -0.2) is 37.2 Å². The van der Waals surface area contributed by atoms with Crippen LogP contribution in [0.2, 0.25) is 0 Å². The van der Waals surface area contributed by atoms with Crippen molar-refractivity contribution in [1.82, 2.24) is 0 Å². The number of esters is 3. The first kappa shape index (κ1) is 74.0. The SMILES string of the molecule is CC/C=C\C/C=C\C/C=C\C/C=C\C/C=C\C/C=C\CCCCCCC(=O)OCC(COC(=O)CCC/C=C\C/C=C\C/C=C\C/C=C\C/C=C\CC)OC(=O)CCCCCCCCCCC/C=C\C/C=C\CCCCCCC. The zero-order chi connectivity index (χ0) is 57.1. The van der Waals surface area contributed by atoms with Crippen LogP contribution in [0.25, 0.3) is 0 Å². The number of carbonyl (C=O) groups excluding carboxylic acids is 3. The molecular weight excluding hydrogens is 973 g/mol. The third-order valence-electron chi connectivity index (χ3n) is 13.0. The topological polar surface area (TPSA) is 78.9 Å². The molecule has 0 saturated carbocycles. The van der Waals surface area contributed by atoms with Crippen LogP contribution in [-0.2, 0) is 28.6 Å². The fourth-order valence-electron chi connectivity index (χ4n) is 8.28. The highest BCUT2D eigenvalue weighted by atomic mass is 16.6. The van der Waals surface area contributed by atoms with E-state index in [-0.39, 0.29) is 37.5 Å². The van der Waals surface area contributed by atoms with Crippen LogP contribution < -0.4 is 0 Å². The van der Waals surface area contributed by atoms with Crippen molar-refractivity contribution in [3.63, 3.8) is 0 Å².